The normalized spacial score (nSPS) is 11.1. The Bertz CT molecular complexity index is 792. The number of rotatable bonds is 8. The highest BCUT2D eigenvalue weighted by molar-refractivity contribution is 5.95. The first-order chi connectivity index (χ1) is 13.3. The Morgan fingerprint density at radius 3 is 2.29 bits per heavy atom. The molecule has 0 aliphatic heterocycles. The summed E-state index contributed by atoms with van der Waals surface area (Å²) in [4.78, 5) is 24.5. The maximum Gasteiger partial charge on any atom is 0.251 e. The number of para-hydroxylation sites is 1. The van der Waals surface area contributed by atoms with Crippen LogP contribution < -0.4 is 16.0 Å². The molecule has 3 N–H and O–H groups in total. The van der Waals surface area contributed by atoms with Gasteiger partial charge in [-0.2, -0.15) is 0 Å². The molecule has 2 aromatic rings. The SMILES string of the molecule is CCNCc1ccccc1NC(=O)CCNC(=O)c1ccc(C(C)(C)C)cc1. The third-order valence-corrected chi connectivity index (χ3v) is 4.51. The van der Waals surface area contributed by atoms with E-state index in [0.717, 1.165) is 17.8 Å². The smallest absolute Gasteiger partial charge is 0.251 e. The molecule has 0 spiro atoms. The van der Waals surface area contributed by atoms with Crippen molar-refractivity contribution in [2.24, 2.45) is 0 Å². The van der Waals surface area contributed by atoms with Gasteiger partial charge >= 0.3 is 0 Å². The molecule has 150 valence electrons. The van der Waals surface area contributed by atoms with Gasteiger partial charge in [-0.1, -0.05) is 58.0 Å². The van der Waals surface area contributed by atoms with E-state index in [0.29, 0.717) is 18.7 Å². The minimum absolute atomic E-state index is 0.0516. The number of carbonyl (C=O) groups excluding carboxylic acids is 2. The lowest BCUT2D eigenvalue weighted by Gasteiger charge is -2.19. The monoisotopic (exact) mass is 381 g/mol. The molecule has 0 heterocycles. The molecule has 2 aromatic carbocycles. The molecule has 0 fully saturated rings. The standard InChI is InChI=1S/C23H31N3O2/c1-5-24-16-18-8-6-7-9-20(18)26-21(27)14-15-25-22(28)17-10-12-19(13-11-17)23(2,3)4/h6-13,24H,5,14-16H2,1-4H3,(H,25,28)(H,26,27). The van der Waals surface area contributed by atoms with E-state index < -0.39 is 0 Å². The van der Waals surface area contributed by atoms with Gasteiger partial charge in [0, 0.05) is 30.8 Å². The first kappa shape index (κ1) is 21.6. The summed E-state index contributed by atoms with van der Waals surface area (Å²) in [7, 11) is 0. The molecular formula is C23H31N3O2. The van der Waals surface area contributed by atoms with Gasteiger partial charge in [0.2, 0.25) is 5.91 Å². The van der Waals surface area contributed by atoms with Crippen LogP contribution in [0.15, 0.2) is 48.5 Å². The van der Waals surface area contributed by atoms with Gasteiger partial charge in [0.05, 0.1) is 0 Å². The Morgan fingerprint density at radius 2 is 1.64 bits per heavy atom. The first-order valence-corrected chi connectivity index (χ1v) is 9.78. The van der Waals surface area contributed by atoms with E-state index in [2.05, 4.69) is 36.7 Å². The minimum atomic E-state index is -0.166. The predicted molar refractivity (Wildman–Crippen MR) is 115 cm³/mol. The highest BCUT2D eigenvalue weighted by Gasteiger charge is 2.14. The zero-order valence-electron chi connectivity index (χ0n) is 17.3. The van der Waals surface area contributed by atoms with E-state index in [4.69, 9.17) is 0 Å². The summed E-state index contributed by atoms with van der Waals surface area (Å²) < 4.78 is 0. The second-order valence-electron chi connectivity index (χ2n) is 7.82. The van der Waals surface area contributed by atoms with Crippen LogP contribution in [0.2, 0.25) is 0 Å². The molecule has 0 aromatic heterocycles. The third kappa shape index (κ3) is 6.50. The van der Waals surface area contributed by atoms with E-state index >= 15 is 0 Å². The molecule has 5 heteroatoms. The number of anilines is 1. The molecule has 0 aliphatic rings. The van der Waals surface area contributed by atoms with Crippen LogP contribution in [0, 0.1) is 0 Å². The quantitative estimate of drug-likeness (QED) is 0.650. The Labute approximate surface area is 167 Å². The summed E-state index contributed by atoms with van der Waals surface area (Å²) in [6.07, 6.45) is 0.224. The number of nitrogens with one attached hydrogen (secondary N) is 3. The lowest BCUT2D eigenvalue weighted by atomic mass is 9.87. The van der Waals surface area contributed by atoms with Gasteiger partial charge in [-0.3, -0.25) is 9.59 Å². The van der Waals surface area contributed by atoms with Gasteiger partial charge in [-0.25, -0.2) is 0 Å². The van der Waals surface area contributed by atoms with Crippen molar-refractivity contribution in [2.45, 2.75) is 46.1 Å². The van der Waals surface area contributed by atoms with Crippen molar-refractivity contribution < 1.29 is 9.59 Å². The minimum Gasteiger partial charge on any atom is -0.352 e. The Morgan fingerprint density at radius 1 is 0.964 bits per heavy atom. The maximum absolute atomic E-state index is 12.3. The Hall–Kier alpha value is -2.66. The highest BCUT2D eigenvalue weighted by atomic mass is 16.2. The van der Waals surface area contributed by atoms with Gasteiger partial charge in [-0.05, 0) is 41.3 Å². The van der Waals surface area contributed by atoms with Crippen LogP contribution in [0.5, 0.6) is 0 Å². The van der Waals surface area contributed by atoms with Crippen LogP contribution in [-0.2, 0) is 16.8 Å². The fourth-order valence-corrected chi connectivity index (χ4v) is 2.78. The highest BCUT2D eigenvalue weighted by Crippen LogP contribution is 2.22. The van der Waals surface area contributed by atoms with Crippen molar-refractivity contribution >= 4 is 17.5 Å². The van der Waals surface area contributed by atoms with Crippen molar-refractivity contribution in [3.63, 3.8) is 0 Å². The van der Waals surface area contributed by atoms with E-state index in [1.54, 1.807) is 0 Å². The molecule has 0 radical (unpaired) electrons. The van der Waals surface area contributed by atoms with Crippen LogP contribution in [0.1, 0.15) is 55.6 Å². The number of carbonyl (C=O) groups is 2. The lowest BCUT2D eigenvalue weighted by molar-refractivity contribution is -0.116. The van der Waals surface area contributed by atoms with Crippen molar-refractivity contribution in [3.05, 3.63) is 65.2 Å². The molecule has 0 bridgehead atoms. The van der Waals surface area contributed by atoms with Crippen LogP contribution in [-0.4, -0.2) is 24.9 Å². The van der Waals surface area contributed by atoms with E-state index in [1.807, 2.05) is 55.5 Å². The van der Waals surface area contributed by atoms with E-state index in [1.165, 1.54) is 5.56 Å². The number of amides is 2. The molecule has 5 nitrogen and oxygen atoms in total. The van der Waals surface area contributed by atoms with Crippen LogP contribution in [0.3, 0.4) is 0 Å². The van der Waals surface area contributed by atoms with Crippen LogP contribution >= 0.6 is 0 Å². The van der Waals surface area contributed by atoms with Crippen LogP contribution in [0.25, 0.3) is 0 Å². The zero-order valence-corrected chi connectivity index (χ0v) is 17.3. The number of hydrogen-bond acceptors (Lipinski definition) is 3. The van der Waals surface area contributed by atoms with Gasteiger partial charge in [0.25, 0.3) is 5.91 Å². The first-order valence-electron chi connectivity index (χ1n) is 9.78. The van der Waals surface area contributed by atoms with Crippen molar-refractivity contribution in [1.29, 1.82) is 0 Å². The Kier molecular flexibility index (Phi) is 7.76. The summed E-state index contributed by atoms with van der Waals surface area (Å²) in [6.45, 7) is 10.3. The molecule has 0 aliphatic carbocycles. The molecule has 0 saturated carbocycles. The average molecular weight is 382 g/mol. The zero-order chi connectivity index (χ0) is 20.6. The Balaban J connectivity index is 1.83. The summed E-state index contributed by atoms with van der Waals surface area (Å²) in [5.41, 5.74) is 3.68. The molecule has 28 heavy (non-hydrogen) atoms. The second kappa shape index (κ2) is 10.0. The number of benzene rings is 2. The summed E-state index contributed by atoms with van der Waals surface area (Å²) >= 11 is 0. The fourth-order valence-electron chi connectivity index (χ4n) is 2.78. The molecule has 0 unspecified atom stereocenters. The van der Waals surface area contributed by atoms with E-state index in [-0.39, 0.29) is 23.7 Å². The van der Waals surface area contributed by atoms with Gasteiger partial charge in [0.1, 0.15) is 0 Å². The topological polar surface area (TPSA) is 70.2 Å². The third-order valence-electron chi connectivity index (χ3n) is 4.51. The van der Waals surface area contributed by atoms with Crippen LogP contribution in [0.4, 0.5) is 5.69 Å². The van der Waals surface area contributed by atoms with Gasteiger partial charge in [-0.15, -0.1) is 0 Å². The fraction of sp³-hybridized carbons (Fsp3) is 0.391. The van der Waals surface area contributed by atoms with Crippen molar-refractivity contribution in [2.75, 3.05) is 18.4 Å². The number of hydrogen-bond donors (Lipinski definition) is 3. The summed E-state index contributed by atoms with van der Waals surface area (Å²) in [5, 5.41) is 9.00. The lowest BCUT2D eigenvalue weighted by Crippen LogP contribution is -2.28. The second-order valence-corrected chi connectivity index (χ2v) is 7.82. The summed E-state index contributed by atoms with van der Waals surface area (Å²) in [5.74, 6) is -0.284. The molecule has 0 atom stereocenters. The maximum atomic E-state index is 12.3. The average Bonchev–Trinajstić information content (AvgIpc) is 2.66. The predicted octanol–water partition coefficient (Wildman–Crippen LogP) is 3.85. The van der Waals surface area contributed by atoms with Gasteiger partial charge in [0.15, 0.2) is 0 Å². The molecular weight excluding hydrogens is 350 g/mol. The summed E-state index contributed by atoms with van der Waals surface area (Å²) in [6, 6.07) is 15.3. The van der Waals surface area contributed by atoms with Crippen molar-refractivity contribution in [3.8, 4) is 0 Å². The van der Waals surface area contributed by atoms with E-state index in [9.17, 15) is 9.59 Å². The van der Waals surface area contributed by atoms with Crippen molar-refractivity contribution in [1.82, 2.24) is 10.6 Å². The largest absolute Gasteiger partial charge is 0.352 e. The van der Waals surface area contributed by atoms with Gasteiger partial charge < -0.3 is 16.0 Å². The molecule has 2 rings (SSSR count). The molecule has 0 saturated heterocycles. The molecule has 2 amide bonds.